The summed E-state index contributed by atoms with van der Waals surface area (Å²) in [5, 5.41) is 4.36. The molecule has 4 rings (SSSR count). The van der Waals surface area contributed by atoms with Crippen molar-refractivity contribution in [2.75, 3.05) is 27.2 Å². The molecule has 2 aromatic heterocycles. The van der Waals surface area contributed by atoms with Gasteiger partial charge >= 0.3 is 0 Å². The number of para-hydroxylation sites is 1. The maximum absolute atomic E-state index is 5.80. The molecule has 0 aliphatic carbocycles. The average molecular weight is 420 g/mol. The Bertz CT molecular complexity index is 983. The molecule has 1 fully saturated rings. The van der Waals surface area contributed by atoms with Gasteiger partial charge in [-0.15, -0.1) is 0 Å². The number of nitrogens with one attached hydrogen (secondary N) is 1. The Kier molecular flexibility index (Phi) is 6.16. The summed E-state index contributed by atoms with van der Waals surface area (Å²) in [5.74, 6) is 0. The molecule has 156 valence electrons. The monoisotopic (exact) mass is 419 g/mol. The third kappa shape index (κ3) is 4.11. The fraction of sp³-hybridized carbons (Fsp3) is 0.333. The number of hydrogen-bond donors (Lipinski definition) is 1. The lowest BCUT2D eigenvalue weighted by Gasteiger charge is -2.29. The summed E-state index contributed by atoms with van der Waals surface area (Å²) in [6, 6.07) is 21.1. The van der Waals surface area contributed by atoms with Gasteiger partial charge in [0.2, 0.25) is 0 Å². The maximum Gasteiger partial charge on any atom is 0.170 e. The normalized spacial score (nSPS) is 18.8. The van der Waals surface area contributed by atoms with Crippen LogP contribution in [-0.4, -0.2) is 51.6 Å². The molecule has 0 spiro atoms. The molecule has 0 amide bonds. The molecule has 1 aromatic carbocycles. The first-order valence-corrected chi connectivity index (χ1v) is 10.8. The number of aromatic nitrogens is 2. The zero-order chi connectivity index (χ0) is 21.1. The molecule has 0 radical (unpaired) electrons. The Labute approximate surface area is 184 Å². The molecule has 3 heterocycles. The first kappa shape index (κ1) is 20.6. The van der Waals surface area contributed by atoms with Crippen LogP contribution in [0.3, 0.4) is 0 Å². The van der Waals surface area contributed by atoms with E-state index in [-0.39, 0.29) is 12.1 Å². The van der Waals surface area contributed by atoms with Gasteiger partial charge in [0, 0.05) is 29.8 Å². The summed E-state index contributed by atoms with van der Waals surface area (Å²) in [6.45, 7) is 4.08. The summed E-state index contributed by atoms with van der Waals surface area (Å²) in [6.07, 6.45) is 2.90. The van der Waals surface area contributed by atoms with Crippen molar-refractivity contribution in [1.82, 2.24) is 24.7 Å². The fourth-order valence-corrected chi connectivity index (χ4v) is 4.58. The number of hydrogen-bond acceptors (Lipinski definition) is 3. The minimum atomic E-state index is 0.00909. The highest BCUT2D eigenvalue weighted by atomic mass is 32.1. The number of aryl methyl sites for hydroxylation is 1. The van der Waals surface area contributed by atoms with Crippen LogP contribution in [0.5, 0.6) is 0 Å². The molecule has 2 atom stereocenters. The largest absolute Gasteiger partial charge is 0.352 e. The first-order valence-electron chi connectivity index (χ1n) is 10.4. The van der Waals surface area contributed by atoms with Crippen molar-refractivity contribution in [3.8, 4) is 5.69 Å². The Morgan fingerprint density at radius 1 is 1.03 bits per heavy atom. The Morgan fingerprint density at radius 3 is 2.50 bits per heavy atom. The summed E-state index contributed by atoms with van der Waals surface area (Å²) < 4.78 is 2.34. The highest BCUT2D eigenvalue weighted by Crippen LogP contribution is 2.40. The third-order valence-electron chi connectivity index (χ3n) is 5.63. The topological polar surface area (TPSA) is 36.3 Å². The minimum Gasteiger partial charge on any atom is -0.352 e. The quantitative estimate of drug-likeness (QED) is 0.584. The van der Waals surface area contributed by atoms with Crippen molar-refractivity contribution < 1.29 is 0 Å². The molecule has 1 N–H and O–H groups in total. The van der Waals surface area contributed by atoms with Crippen LogP contribution in [0.15, 0.2) is 66.9 Å². The van der Waals surface area contributed by atoms with Gasteiger partial charge in [0.15, 0.2) is 5.11 Å². The van der Waals surface area contributed by atoms with Crippen LogP contribution < -0.4 is 5.32 Å². The summed E-state index contributed by atoms with van der Waals surface area (Å²) in [4.78, 5) is 9.21. The summed E-state index contributed by atoms with van der Waals surface area (Å²) in [5.41, 5.74) is 4.62. The van der Waals surface area contributed by atoms with Crippen LogP contribution in [0.1, 0.15) is 35.6 Å². The number of benzene rings is 1. The van der Waals surface area contributed by atoms with Crippen LogP contribution >= 0.6 is 12.2 Å². The predicted molar refractivity (Wildman–Crippen MR) is 126 cm³/mol. The van der Waals surface area contributed by atoms with Crippen molar-refractivity contribution in [3.63, 3.8) is 0 Å². The number of nitrogens with zero attached hydrogens (tertiary/aromatic N) is 4. The average Bonchev–Trinajstić information content (AvgIpc) is 3.29. The molecule has 1 saturated heterocycles. The van der Waals surface area contributed by atoms with Crippen LogP contribution in [0, 0.1) is 6.92 Å². The van der Waals surface area contributed by atoms with E-state index >= 15 is 0 Å². The smallest absolute Gasteiger partial charge is 0.170 e. The molecular formula is C24H29N5S. The highest BCUT2D eigenvalue weighted by molar-refractivity contribution is 7.80. The number of rotatable bonds is 7. The van der Waals surface area contributed by atoms with E-state index in [0.717, 1.165) is 30.3 Å². The molecule has 0 bridgehead atoms. The minimum absolute atomic E-state index is 0.00909. The van der Waals surface area contributed by atoms with Crippen LogP contribution in [0.25, 0.3) is 5.69 Å². The molecule has 5 nitrogen and oxygen atoms in total. The lowest BCUT2D eigenvalue weighted by atomic mass is 10.0. The van der Waals surface area contributed by atoms with E-state index in [1.807, 2.05) is 18.3 Å². The summed E-state index contributed by atoms with van der Waals surface area (Å²) >= 11 is 5.80. The van der Waals surface area contributed by atoms with E-state index in [4.69, 9.17) is 12.2 Å². The van der Waals surface area contributed by atoms with Gasteiger partial charge in [-0.1, -0.05) is 24.3 Å². The number of pyridine rings is 1. The second-order valence-corrected chi connectivity index (χ2v) is 8.43. The van der Waals surface area contributed by atoms with Crippen molar-refractivity contribution in [2.24, 2.45) is 0 Å². The Morgan fingerprint density at radius 2 is 1.80 bits per heavy atom. The summed E-state index contributed by atoms with van der Waals surface area (Å²) in [7, 11) is 4.22. The SMILES string of the molecule is Cc1ccc(C2C(c3ccccn3)NC(=S)N2CCCN(C)C)n1-c1ccccc1. The van der Waals surface area contributed by atoms with Gasteiger partial charge in [0.1, 0.15) is 0 Å². The Hall–Kier alpha value is -2.70. The van der Waals surface area contributed by atoms with Gasteiger partial charge in [-0.3, -0.25) is 4.98 Å². The van der Waals surface area contributed by atoms with Crippen molar-refractivity contribution >= 4 is 17.3 Å². The lowest BCUT2D eigenvalue weighted by molar-refractivity contribution is 0.286. The van der Waals surface area contributed by atoms with Gasteiger partial charge < -0.3 is 19.7 Å². The van der Waals surface area contributed by atoms with E-state index in [2.05, 4.69) is 94.2 Å². The molecule has 6 heteroatoms. The van der Waals surface area contributed by atoms with E-state index in [1.165, 1.54) is 17.1 Å². The van der Waals surface area contributed by atoms with E-state index < -0.39 is 0 Å². The van der Waals surface area contributed by atoms with Gasteiger partial charge in [-0.25, -0.2) is 0 Å². The van der Waals surface area contributed by atoms with E-state index in [9.17, 15) is 0 Å². The van der Waals surface area contributed by atoms with Gasteiger partial charge in [0.05, 0.1) is 17.8 Å². The van der Waals surface area contributed by atoms with Crippen molar-refractivity contribution in [2.45, 2.75) is 25.4 Å². The third-order valence-corrected chi connectivity index (χ3v) is 5.98. The molecule has 3 aromatic rings. The molecule has 2 unspecified atom stereocenters. The zero-order valence-corrected chi connectivity index (χ0v) is 18.6. The Balaban J connectivity index is 1.77. The van der Waals surface area contributed by atoms with E-state index in [1.54, 1.807) is 0 Å². The molecule has 1 aliphatic heterocycles. The van der Waals surface area contributed by atoms with Gasteiger partial charge in [-0.05, 0) is 82.6 Å². The van der Waals surface area contributed by atoms with Crippen molar-refractivity contribution in [3.05, 3.63) is 83.9 Å². The maximum atomic E-state index is 5.80. The number of thiocarbonyl (C=S) groups is 1. The van der Waals surface area contributed by atoms with E-state index in [0.29, 0.717) is 0 Å². The van der Waals surface area contributed by atoms with Gasteiger partial charge in [-0.2, -0.15) is 0 Å². The second-order valence-electron chi connectivity index (χ2n) is 8.05. The van der Waals surface area contributed by atoms with Crippen molar-refractivity contribution in [1.29, 1.82) is 0 Å². The second kappa shape index (κ2) is 8.98. The zero-order valence-electron chi connectivity index (χ0n) is 17.8. The standard InChI is InChI=1S/C24H29N5S/c1-18-13-14-21(29(18)19-10-5-4-6-11-19)23-22(20-12-7-8-15-25-20)26-24(30)28(23)17-9-16-27(2)3/h4-8,10-15,22-23H,9,16-17H2,1-3H3,(H,26,30). The lowest BCUT2D eigenvalue weighted by Crippen LogP contribution is -2.33. The molecule has 1 aliphatic rings. The van der Waals surface area contributed by atoms with Crippen LogP contribution in [0.4, 0.5) is 0 Å². The van der Waals surface area contributed by atoms with Gasteiger partial charge in [0.25, 0.3) is 0 Å². The van der Waals surface area contributed by atoms with Crippen LogP contribution in [0.2, 0.25) is 0 Å². The molecule has 0 saturated carbocycles. The first-order chi connectivity index (χ1) is 14.6. The fourth-order valence-electron chi connectivity index (χ4n) is 4.24. The van der Waals surface area contributed by atoms with Crippen LogP contribution in [-0.2, 0) is 0 Å². The molecule has 30 heavy (non-hydrogen) atoms. The molecular weight excluding hydrogens is 390 g/mol. The highest BCUT2D eigenvalue weighted by Gasteiger charge is 2.41. The predicted octanol–water partition coefficient (Wildman–Crippen LogP) is 4.10.